The first kappa shape index (κ1) is 28.8. The summed E-state index contributed by atoms with van der Waals surface area (Å²) in [5.41, 5.74) is -0.524. The van der Waals surface area contributed by atoms with Crippen LogP contribution in [0.5, 0.6) is 0 Å². The second-order valence-corrected chi connectivity index (χ2v) is 17.0. The number of benzene rings is 2. The van der Waals surface area contributed by atoms with Crippen LogP contribution in [-0.4, -0.2) is 51.2 Å². The third kappa shape index (κ3) is 6.68. The highest BCUT2D eigenvalue weighted by Gasteiger charge is 2.51. The fraction of sp³-hybridized carbons (Fsp3) is 0.581. The van der Waals surface area contributed by atoms with Gasteiger partial charge < -0.3 is 24.0 Å². The van der Waals surface area contributed by atoms with Crippen molar-refractivity contribution in [2.75, 3.05) is 13.2 Å². The van der Waals surface area contributed by atoms with Crippen LogP contribution in [0.25, 0.3) is 0 Å². The Labute approximate surface area is 229 Å². The van der Waals surface area contributed by atoms with Gasteiger partial charge in [-0.15, -0.1) is 0 Å². The zero-order valence-electron chi connectivity index (χ0n) is 23.9. The van der Waals surface area contributed by atoms with E-state index in [1.54, 1.807) is 0 Å². The van der Waals surface area contributed by atoms with Crippen LogP contribution in [0.4, 0.5) is 4.79 Å². The second-order valence-electron chi connectivity index (χ2n) is 12.7. The Morgan fingerprint density at radius 3 is 2.11 bits per heavy atom. The molecule has 1 spiro atoms. The summed E-state index contributed by atoms with van der Waals surface area (Å²) in [6.07, 6.45) is 3.87. The fourth-order valence-electron chi connectivity index (χ4n) is 5.80. The molecule has 208 valence electrons. The van der Waals surface area contributed by atoms with Gasteiger partial charge >= 0.3 is 6.09 Å². The normalized spacial score (nSPS) is 24.7. The van der Waals surface area contributed by atoms with Crippen LogP contribution in [0.3, 0.4) is 0 Å². The molecule has 6 nitrogen and oxygen atoms in total. The van der Waals surface area contributed by atoms with E-state index in [1.807, 2.05) is 20.8 Å². The molecule has 0 saturated carbocycles. The summed E-state index contributed by atoms with van der Waals surface area (Å²) in [4.78, 5) is 12.3. The van der Waals surface area contributed by atoms with Crippen molar-refractivity contribution < 1.29 is 23.4 Å². The quantitative estimate of drug-likeness (QED) is 0.489. The number of rotatable bonds is 6. The number of hydrogen-bond donors (Lipinski definition) is 1. The fourth-order valence-corrected chi connectivity index (χ4v) is 10.4. The number of ether oxygens (including phenoxy) is 3. The molecule has 38 heavy (non-hydrogen) atoms. The lowest BCUT2D eigenvalue weighted by molar-refractivity contribution is -0.230. The van der Waals surface area contributed by atoms with E-state index in [0.717, 1.165) is 32.1 Å². The summed E-state index contributed by atoms with van der Waals surface area (Å²) < 4.78 is 25.5. The lowest BCUT2D eigenvalue weighted by Crippen LogP contribution is -2.67. The summed E-state index contributed by atoms with van der Waals surface area (Å²) >= 11 is 0. The molecule has 1 amide bonds. The Hall–Kier alpha value is -2.19. The van der Waals surface area contributed by atoms with Gasteiger partial charge in [0.2, 0.25) is 0 Å². The lowest BCUT2D eigenvalue weighted by Gasteiger charge is -2.43. The largest absolute Gasteiger partial charge is 0.444 e. The molecule has 1 N–H and O–H groups in total. The van der Waals surface area contributed by atoms with Crippen LogP contribution in [0.2, 0.25) is 5.04 Å². The first-order valence-corrected chi connectivity index (χ1v) is 15.9. The highest BCUT2D eigenvalue weighted by atomic mass is 28.4. The monoisotopic (exact) mass is 539 g/mol. The molecule has 2 heterocycles. The standard InChI is InChI=1S/C31H45NO5Si/c1-29(2,3)37-28(33)32-24-14-13-20-31(34-22-24)21-19-25(36-31)23-35-38(30(4,5)6,26-15-9-7-10-16-26)27-17-11-8-12-18-27/h7-12,15-18,24-25H,13-14,19-23H2,1-6H3,(H,32,33)/t24-,25-,31+/m0/s1. The summed E-state index contributed by atoms with van der Waals surface area (Å²) in [7, 11) is -2.62. The molecule has 0 radical (unpaired) electrons. The van der Waals surface area contributed by atoms with Gasteiger partial charge in [0.1, 0.15) is 5.60 Å². The summed E-state index contributed by atoms with van der Waals surface area (Å²) in [5.74, 6) is -0.607. The van der Waals surface area contributed by atoms with E-state index < -0.39 is 25.8 Å². The van der Waals surface area contributed by atoms with Gasteiger partial charge in [0.25, 0.3) is 8.32 Å². The van der Waals surface area contributed by atoms with Gasteiger partial charge in [-0.3, -0.25) is 0 Å². The molecule has 2 aromatic carbocycles. The molecule has 0 aliphatic carbocycles. The Morgan fingerprint density at radius 2 is 1.55 bits per heavy atom. The van der Waals surface area contributed by atoms with Gasteiger partial charge in [0.15, 0.2) is 5.79 Å². The molecule has 2 aromatic rings. The van der Waals surface area contributed by atoms with Gasteiger partial charge in [-0.2, -0.15) is 0 Å². The van der Waals surface area contributed by atoms with Crippen molar-refractivity contribution in [1.29, 1.82) is 0 Å². The number of amides is 1. The van der Waals surface area contributed by atoms with Crippen LogP contribution in [0.15, 0.2) is 60.7 Å². The van der Waals surface area contributed by atoms with Crippen LogP contribution >= 0.6 is 0 Å². The van der Waals surface area contributed by atoms with E-state index >= 15 is 0 Å². The summed E-state index contributed by atoms with van der Waals surface area (Å²) in [6.45, 7) is 13.4. The molecule has 4 rings (SSSR count). The van der Waals surface area contributed by atoms with E-state index in [-0.39, 0.29) is 17.2 Å². The van der Waals surface area contributed by atoms with Gasteiger partial charge in [-0.05, 0) is 55.4 Å². The lowest BCUT2D eigenvalue weighted by atomic mass is 10.0. The maximum Gasteiger partial charge on any atom is 0.407 e. The predicted octanol–water partition coefficient (Wildman–Crippen LogP) is 5.53. The minimum Gasteiger partial charge on any atom is -0.444 e. The maximum absolute atomic E-state index is 12.3. The van der Waals surface area contributed by atoms with Crippen LogP contribution in [0, 0.1) is 0 Å². The smallest absolute Gasteiger partial charge is 0.407 e. The Balaban J connectivity index is 1.45. The molecule has 2 saturated heterocycles. The molecule has 3 atom stereocenters. The van der Waals surface area contributed by atoms with E-state index in [4.69, 9.17) is 18.6 Å². The van der Waals surface area contributed by atoms with Crippen molar-refractivity contribution in [1.82, 2.24) is 5.32 Å². The van der Waals surface area contributed by atoms with Gasteiger partial charge in [0, 0.05) is 12.8 Å². The van der Waals surface area contributed by atoms with Crippen molar-refractivity contribution >= 4 is 24.8 Å². The molecule has 0 bridgehead atoms. The van der Waals surface area contributed by atoms with Gasteiger partial charge in [-0.25, -0.2) is 4.79 Å². The minimum atomic E-state index is -2.62. The van der Waals surface area contributed by atoms with Crippen LogP contribution < -0.4 is 15.7 Å². The van der Waals surface area contributed by atoms with Crippen molar-refractivity contribution in [3.05, 3.63) is 60.7 Å². The van der Waals surface area contributed by atoms with Crippen LogP contribution in [-0.2, 0) is 18.6 Å². The number of carbonyl (C=O) groups is 1. The first-order valence-electron chi connectivity index (χ1n) is 14.0. The van der Waals surface area contributed by atoms with Gasteiger partial charge in [-0.1, -0.05) is 81.4 Å². The van der Waals surface area contributed by atoms with Crippen molar-refractivity contribution in [3.63, 3.8) is 0 Å². The molecule has 7 heteroatoms. The number of carbonyl (C=O) groups excluding carboxylic acids is 1. The SMILES string of the molecule is CC(C)(C)OC(=O)N[C@H]1CCC[C@@]2(CC[C@@H](CO[Si](c3ccccc3)(c3ccccc3)C(C)(C)C)O2)OC1. The van der Waals surface area contributed by atoms with Crippen LogP contribution in [0.1, 0.15) is 73.6 Å². The van der Waals surface area contributed by atoms with E-state index in [1.165, 1.54) is 10.4 Å². The number of alkyl carbamates (subject to hydrolysis) is 1. The Kier molecular flexibility index (Phi) is 8.72. The summed E-state index contributed by atoms with van der Waals surface area (Å²) in [5, 5.41) is 5.44. The number of nitrogens with one attached hydrogen (secondary N) is 1. The average molecular weight is 540 g/mol. The Bertz CT molecular complexity index is 1010. The van der Waals surface area contributed by atoms with E-state index in [9.17, 15) is 4.79 Å². The minimum absolute atomic E-state index is 0.0352. The van der Waals surface area contributed by atoms with Crippen molar-refractivity contribution in [3.8, 4) is 0 Å². The molecular weight excluding hydrogens is 494 g/mol. The third-order valence-electron chi connectivity index (χ3n) is 7.51. The van der Waals surface area contributed by atoms with E-state index in [2.05, 4.69) is 86.8 Å². The first-order chi connectivity index (χ1) is 17.9. The molecule has 2 aliphatic rings. The van der Waals surface area contributed by atoms with E-state index in [0.29, 0.717) is 13.2 Å². The summed E-state index contributed by atoms with van der Waals surface area (Å²) in [6, 6.07) is 21.3. The molecule has 2 fully saturated rings. The highest BCUT2D eigenvalue weighted by Crippen LogP contribution is 2.40. The highest BCUT2D eigenvalue weighted by molar-refractivity contribution is 6.99. The molecule has 2 aliphatic heterocycles. The Morgan fingerprint density at radius 1 is 0.947 bits per heavy atom. The average Bonchev–Trinajstić information content (AvgIpc) is 3.15. The maximum atomic E-state index is 12.3. The second kappa shape index (κ2) is 11.5. The molecule has 0 unspecified atom stereocenters. The van der Waals surface area contributed by atoms with Crippen molar-refractivity contribution in [2.45, 2.75) is 102 Å². The van der Waals surface area contributed by atoms with Crippen molar-refractivity contribution in [2.24, 2.45) is 0 Å². The predicted molar refractivity (Wildman–Crippen MR) is 153 cm³/mol. The molecular formula is C31H45NO5Si. The zero-order valence-corrected chi connectivity index (χ0v) is 24.9. The van der Waals surface area contributed by atoms with Gasteiger partial charge in [0.05, 0.1) is 25.4 Å². The number of hydrogen-bond acceptors (Lipinski definition) is 5. The zero-order chi connectivity index (χ0) is 27.4. The third-order valence-corrected chi connectivity index (χ3v) is 12.5. The topological polar surface area (TPSA) is 66.0 Å². The molecule has 0 aromatic heterocycles.